The number of carbonyl (C=O) groups is 1. The van der Waals surface area contributed by atoms with Gasteiger partial charge in [-0.25, -0.2) is 4.98 Å². The lowest BCUT2D eigenvalue weighted by atomic mass is 10.1. The number of nitrogens with zero attached hydrogens (tertiary/aromatic N) is 2. The van der Waals surface area contributed by atoms with E-state index in [1.807, 2.05) is 31.3 Å². The predicted molar refractivity (Wildman–Crippen MR) is 81.9 cm³/mol. The van der Waals surface area contributed by atoms with Crippen LogP contribution < -0.4 is 9.64 Å². The molecule has 3 rings (SSSR count). The van der Waals surface area contributed by atoms with Crippen molar-refractivity contribution in [2.75, 3.05) is 24.7 Å². The molecular formula is C16H19N3O3. The molecule has 1 aromatic heterocycles. The topological polar surface area (TPSA) is 67.5 Å². The average Bonchev–Trinajstić information content (AvgIpc) is 3.01. The number of ether oxygens (including phenoxy) is 2. The van der Waals surface area contributed by atoms with Crippen molar-refractivity contribution >= 4 is 11.7 Å². The van der Waals surface area contributed by atoms with E-state index < -0.39 is 0 Å². The van der Waals surface area contributed by atoms with Gasteiger partial charge in [-0.15, -0.1) is 0 Å². The summed E-state index contributed by atoms with van der Waals surface area (Å²) in [5, 5.41) is 0. The van der Waals surface area contributed by atoms with Crippen LogP contribution in [0, 0.1) is 0 Å². The molecule has 2 heterocycles. The standard InChI is InChI=1S/C16H19N3O3/c1-2-21-16(20)8-12-3-4-15-14(7-12)19(5-6-22-15)10-13-9-17-11-18-13/h3-4,7,9,11H,2,5-6,8,10H2,1H3,(H,17,18). The summed E-state index contributed by atoms with van der Waals surface area (Å²) in [7, 11) is 0. The Morgan fingerprint density at radius 3 is 3.18 bits per heavy atom. The summed E-state index contributed by atoms with van der Waals surface area (Å²) in [5.41, 5.74) is 2.90. The molecule has 0 radical (unpaired) electrons. The van der Waals surface area contributed by atoms with Crippen LogP contribution in [-0.4, -0.2) is 35.7 Å². The first kappa shape index (κ1) is 14.4. The van der Waals surface area contributed by atoms with E-state index in [4.69, 9.17) is 9.47 Å². The number of aromatic nitrogens is 2. The minimum Gasteiger partial charge on any atom is -0.490 e. The first-order valence-corrected chi connectivity index (χ1v) is 7.40. The van der Waals surface area contributed by atoms with Crippen LogP contribution >= 0.6 is 0 Å². The first-order chi connectivity index (χ1) is 10.8. The second-order valence-electron chi connectivity index (χ2n) is 5.11. The van der Waals surface area contributed by atoms with Crippen LogP contribution in [0.3, 0.4) is 0 Å². The van der Waals surface area contributed by atoms with Gasteiger partial charge in [-0.2, -0.15) is 0 Å². The minimum absolute atomic E-state index is 0.210. The number of rotatable bonds is 5. The molecule has 0 amide bonds. The Hall–Kier alpha value is -2.50. The number of H-pyrrole nitrogens is 1. The molecule has 1 N–H and O–H groups in total. The number of hydrogen-bond acceptors (Lipinski definition) is 5. The lowest BCUT2D eigenvalue weighted by molar-refractivity contribution is -0.142. The maximum absolute atomic E-state index is 11.6. The van der Waals surface area contributed by atoms with Crippen molar-refractivity contribution in [3.63, 3.8) is 0 Å². The highest BCUT2D eigenvalue weighted by Gasteiger charge is 2.20. The number of carbonyl (C=O) groups excluding carboxylic acids is 1. The van der Waals surface area contributed by atoms with Crippen molar-refractivity contribution in [1.29, 1.82) is 0 Å². The first-order valence-electron chi connectivity index (χ1n) is 7.40. The van der Waals surface area contributed by atoms with Gasteiger partial charge in [-0.1, -0.05) is 6.07 Å². The molecule has 0 fully saturated rings. The van der Waals surface area contributed by atoms with Crippen LogP contribution in [0.2, 0.25) is 0 Å². The third-order valence-electron chi connectivity index (χ3n) is 3.54. The third kappa shape index (κ3) is 3.21. The molecule has 6 heteroatoms. The second-order valence-corrected chi connectivity index (χ2v) is 5.11. The van der Waals surface area contributed by atoms with Gasteiger partial charge in [-0.3, -0.25) is 4.79 Å². The third-order valence-corrected chi connectivity index (χ3v) is 3.54. The molecule has 0 spiro atoms. The Morgan fingerprint density at radius 1 is 1.50 bits per heavy atom. The Balaban J connectivity index is 1.79. The van der Waals surface area contributed by atoms with E-state index in [9.17, 15) is 4.79 Å². The Bertz CT molecular complexity index is 640. The van der Waals surface area contributed by atoms with Crippen LogP contribution in [0.25, 0.3) is 0 Å². The fourth-order valence-electron chi connectivity index (χ4n) is 2.54. The monoisotopic (exact) mass is 301 g/mol. The van der Waals surface area contributed by atoms with E-state index >= 15 is 0 Å². The molecule has 1 aromatic carbocycles. The van der Waals surface area contributed by atoms with Gasteiger partial charge in [-0.05, 0) is 24.6 Å². The highest BCUT2D eigenvalue weighted by atomic mass is 16.5. The van der Waals surface area contributed by atoms with Gasteiger partial charge in [0.15, 0.2) is 0 Å². The number of benzene rings is 1. The molecule has 116 valence electrons. The molecule has 6 nitrogen and oxygen atoms in total. The number of nitrogens with one attached hydrogen (secondary N) is 1. The summed E-state index contributed by atoms with van der Waals surface area (Å²) in [6.07, 6.45) is 3.84. The fourth-order valence-corrected chi connectivity index (χ4v) is 2.54. The Morgan fingerprint density at radius 2 is 2.41 bits per heavy atom. The fraction of sp³-hybridized carbons (Fsp3) is 0.375. The summed E-state index contributed by atoms with van der Waals surface area (Å²) < 4.78 is 10.7. The number of fused-ring (bicyclic) bond motifs is 1. The van der Waals surface area contributed by atoms with E-state index in [1.54, 1.807) is 6.33 Å². The molecule has 1 aliphatic heterocycles. The number of imidazole rings is 1. The van der Waals surface area contributed by atoms with Gasteiger partial charge in [0.1, 0.15) is 12.4 Å². The summed E-state index contributed by atoms with van der Waals surface area (Å²) >= 11 is 0. The van der Waals surface area contributed by atoms with E-state index in [1.165, 1.54) is 0 Å². The number of anilines is 1. The zero-order chi connectivity index (χ0) is 15.4. The summed E-state index contributed by atoms with van der Waals surface area (Å²) in [5.74, 6) is 0.632. The number of esters is 1. The van der Waals surface area contributed by atoms with E-state index in [0.717, 1.165) is 29.2 Å². The number of hydrogen-bond donors (Lipinski definition) is 1. The summed E-state index contributed by atoms with van der Waals surface area (Å²) in [6, 6.07) is 5.83. The van der Waals surface area contributed by atoms with Gasteiger partial charge in [0.05, 0.1) is 43.8 Å². The molecule has 0 unspecified atom stereocenters. The van der Waals surface area contributed by atoms with Crippen molar-refractivity contribution in [2.45, 2.75) is 19.9 Å². The SMILES string of the molecule is CCOC(=O)Cc1ccc2c(c1)N(Cc1c[nH]cn1)CCO2. The quantitative estimate of drug-likeness (QED) is 0.855. The Kier molecular flexibility index (Phi) is 4.27. The zero-order valence-electron chi connectivity index (χ0n) is 12.5. The van der Waals surface area contributed by atoms with Gasteiger partial charge in [0.25, 0.3) is 0 Å². The molecule has 2 aromatic rings. The van der Waals surface area contributed by atoms with Gasteiger partial charge < -0.3 is 19.4 Å². The molecule has 1 aliphatic rings. The van der Waals surface area contributed by atoms with Crippen molar-refractivity contribution in [2.24, 2.45) is 0 Å². The van der Waals surface area contributed by atoms with Gasteiger partial charge in [0, 0.05) is 6.20 Å². The molecule has 0 bridgehead atoms. The highest BCUT2D eigenvalue weighted by Crippen LogP contribution is 2.33. The van der Waals surface area contributed by atoms with Gasteiger partial charge in [0.2, 0.25) is 0 Å². The number of aromatic amines is 1. The maximum atomic E-state index is 11.6. The van der Waals surface area contributed by atoms with E-state index in [2.05, 4.69) is 14.9 Å². The lowest BCUT2D eigenvalue weighted by Crippen LogP contribution is -2.32. The van der Waals surface area contributed by atoms with E-state index in [-0.39, 0.29) is 12.4 Å². The largest absolute Gasteiger partial charge is 0.490 e. The van der Waals surface area contributed by atoms with Crippen LogP contribution in [0.1, 0.15) is 18.2 Å². The molecular weight excluding hydrogens is 282 g/mol. The van der Waals surface area contributed by atoms with Crippen molar-refractivity contribution in [3.05, 3.63) is 42.0 Å². The van der Waals surface area contributed by atoms with Crippen LogP contribution in [0.5, 0.6) is 5.75 Å². The molecule has 0 saturated heterocycles. The normalized spacial score (nSPS) is 13.4. The molecule has 0 saturated carbocycles. The summed E-state index contributed by atoms with van der Waals surface area (Å²) in [4.78, 5) is 21.1. The van der Waals surface area contributed by atoms with Gasteiger partial charge >= 0.3 is 5.97 Å². The van der Waals surface area contributed by atoms with Crippen LogP contribution in [0.15, 0.2) is 30.7 Å². The molecule has 22 heavy (non-hydrogen) atoms. The minimum atomic E-state index is -0.210. The predicted octanol–water partition coefficient (Wildman–Crippen LogP) is 1.91. The van der Waals surface area contributed by atoms with Crippen molar-refractivity contribution < 1.29 is 14.3 Å². The van der Waals surface area contributed by atoms with E-state index in [0.29, 0.717) is 19.8 Å². The highest BCUT2D eigenvalue weighted by molar-refractivity contribution is 5.74. The zero-order valence-corrected chi connectivity index (χ0v) is 12.5. The smallest absolute Gasteiger partial charge is 0.310 e. The summed E-state index contributed by atoms with van der Waals surface area (Å²) in [6.45, 7) is 4.36. The lowest BCUT2D eigenvalue weighted by Gasteiger charge is -2.31. The Labute approximate surface area is 129 Å². The average molecular weight is 301 g/mol. The van der Waals surface area contributed by atoms with Crippen molar-refractivity contribution in [3.8, 4) is 5.75 Å². The maximum Gasteiger partial charge on any atom is 0.310 e. The van der Waals surface area contributed by atoms with Crippen molar-refractivity contribution in [1.82, 2.24) is 9.97 Å². The van der Waals surface area contributed by atoms with Crippen LogP contribution in [0.4, 0.5) is 5.69 Å². The second kappa shape index (κ2) is 6.51. The van der Waals surface area contributed by atoms with Crippen LogP contribution in [-0.2, 0) is 22.5 Å². The molecule has 0 aliphatic carbocycles. The molecule has 0 atom stereocenters.